The van der Waals surface area contributed by atoms with Crippen LogP contribution in [0.3, 0.4) is 0 Å². The number of ether oxygens (including phenoxy) is 1. The Hall–Kier alpha value is -2.47. The van der Waals surface area contributed by atoms with Gasteiger partial charge in [-0.1, -0.05) is 17.7 Å². The van der Waals surface area contributed by atoms with E-state index in [1.165, 1.54) is 5.56 Å². The standard InChI is InChI=1S/C19H24N4O2/c1-12-9-13(2)18(14(3)10-12)21-19(24)16-6-7-17(23-22-16)20-11-15-5-4-8-25-15/h6-7,9-10,15H,4-5,8,11H2,1-3H3,(H,20,23)(H,21,24). The van der Waals surface area contributed by atoms with Gasteiger partial charge in [0.25, 0.3) is 5.91 Å². The van der Waals surface area contributed by atoms with Gasteiger partial charge >= 0.3 is 0 Å². The molecule has 0 saturated carbocycles. The van der Waals surface area contributed by atoms with Crippen LogP contribution in [-0.4, -0.2) is 35.4 Å². The molecule has 0 aliphatic carbocycles. The molecule has 1 saturated heterocycles. The lowest BCUT2D eigenvalue weighted by Gasteiger charge is -2.13. The molecule has 0 radical (unpaired) electrons. The smallest absolute Gasteiger partial charge is 0.276 e. The highest BCUT2D eigenvalue weighted by Gasteiger charge is 2.16. The summed E-state index contributed by atoms with van der Waals surface area (Å²) in [6.45, 7) is 7.55. The summed E-state index contributed by atoms with van der Waals surface area (Å²) in [6.07, 6.45) is 2.41. The number of benzene rings is 1. The fraction of sp³-hybridized carbons (Fsp3) is 0.421. The number of amides is 1. The van der Waals surface area contributed by atoms with Gasteiger partial charge in [-0.3, -0.25) is 4.79 Å². The quantitative estimate of drug-likeness (QED) is 0.874. The highest BCUT2D eigenvalue weighted by atomic mass is 16.5. The van der Waals surface area contributed by atoms with Gasteiger partial charge < -0.3 is 15.4 Å². The van der Waals surface area contributed by atoms with Crippen LogP contribution in [0.25, 0.3) is 0 Å². The van der Waals surface area contributed by atoms with Crippen LogP contribution in [0.2, 0.25) is 0 Å². The second kappa shape index (κ2) is 7.61. The van der Waals surface area contributed by atoms with Crippen molar-refractivity contribution in [2.24, 2.45) is 0 Å². The number of hydrogen-bond acceptors (Lipinski definition) is 5. The average molecular weight is 340 g/mol. The summed E-state index contributed by atoms with van der Waals surface area (Å²) in [6, 6.07) is 7.55. The third-order valence-electron chi connectivity index (χ3n) is 4.35. The van der Waals surface area contributed by atoms with Crippen molar-refractivity contribution < 1.29 is 9.53 Å². The van der Waals surface area contributed by atoms with Crippen molar-refractivity contribution in [3.8, 4) is 0 Å². The minimum absolute atomic E-state index is 0.234. The van der Waals surface area contributed by atoms with Crippen LogP contribution < -0.4 is 10.6 Å². The first kappa shape index (κ1) is 17.4. The van der Waals surface area contributed by atoms with Crippen LogP contribution in [0.15, 0.2) is 24.3 Å². The minimum atomic E-state index is -0.256. The van der Waals surface area contributed by atoms with Crippen molar-refractivity contribution in [2.75, 3.05) is 23.8 Å². The Morgan fingerprint density at radius 1 is 1.20 bits per heavy atom. The Labute approximate surface area is 148 Å². The Morgan fingerprint density at radius 3 is 2.56 bits per heavy atom. The lowest BCUT2D eigenvalue weighted by atomic mass is 10.1. The van der Waals surface area contributed by atoms with Crippen LogP contribution in [-0.2, 0) is 4.74 Å². The molecule has 2 aromatic rings. The van der Waals surface area contributed by atoms with E-state index in [-0.39, 0.29) is 12.0 Å². The molecule has 25 heavy (non-hydrogen) atoms. The number of carbonyl (C=O) groups is 1. The zero-order chi connectivity index (χ0) is 17.8. The zero-order valence-corrected chi connectivity index (χ0v) is 14.9. The van der Waals surface area contributed by atoms with Crippen molar-refractivity contribution in [1.82, 2.24) is 10.2 Å². The normalized spacial score (nSPS) is 16.7. The van der Waals surface area contributed by atoms with Gasteiger partial charge in [0.1, 0.15) is 5.82 Å². The molecule has 2 N–H and O–H groups in total. The van der Waals surface area contributed by atoms with E-state index in [2.05, 4.69) is 20.8 Å². The fourth-order valence-corrected chi connectivity index (χ4v) is 3.13. The molecule has 3 rings (SSSR count). The third kappa shape index (κ3) is 4.33. The van der Waals surface area contributed by atoms with E-state index in [1.54, 1.807) is 12.1 Å². The van der Waals surface area contributed by atoms with Gasteiger partial charge in [-0.2, -0.15) is 0 Å². The van der Waals surface area contributed by atoms with Gasteiger partial charge in [0.15, 0.2) is 5.69 Å². The number of aromatic nitrogens is 2. The molecule has 6 nitrogen and oxygen atoms in total. The minimum Gasteiger partial charge on any atom is -0.376 e. The summed E-state index contributed by atoms with van der Waals surface area (Å²) in [5.41, 5.74) is 4.37. The number of hydrogen-bond donors (Lipinski definition) is 2. The van der Waals surface area contributed by atoms with Crippen molar-refractivity contribution in [3.05, 3.63) is 46.6 Å². The van der Waals surface area contributed by atoms with E-state index < -0.39 is 0 Å². The number of nitrogens with one attached hydrogen (secondary N) is 2. The van der Waals surface area contributed by atoms with E-state index in [9.17, 15) is 4.79 Å². The predicted molar refractivity (Wildman–Crippen MR) is 98.1 cm³/mol. The molecule has 0 spiro atoms. The summed E-state index contributed by atoms with van der Waals surface area (Å²) in [5.74, 6) is 0.392. The molecule has 1 aromatic heterocycles. The number of aryl methyl sites for hydroxylation is 3. The first-order chi connectivity index (χ1) is 12.0. The molecule has 1 fully saturated rings. The number of carbonyl (C=O) groups excluding carboxylic acids is 1. The van der Waals surface area contributed by atoms with Crippen LogP contribution in [0.1, 0.15) is 40.0 Å². The Balaban J connectivity index is 1.62. The van der Waals surface area contributed by atoms with Gasteiger partial charge in [0.2, 0.25) is 0 Å². The first-order valence-corrected chi connectivity index (χ1v) is 8.61. The fourth-order valence-electron chi connectivity index (χ4n) is 3.13. The number of anilines is 2. The largest absolute Gasteiger partial charge is 0.376 e. The maximum Gasteiger partial charge on any atom is 0.276 e. The molecular weight excluding hydrogens is 316 g/mol. The van der Waals surface area contributed by atoms with Gasteiger partial charge in [-0.25, -0.2) is 0 Å². The summed E-state index contributed by atoms with van der Waals surface area (Å²) >= 11 is 0. The van der Waals surface area contributed by atoms with Crippen molar-refractivity contribution in [1.29, 1.82) is 0 Å². The first-order valence-electron chi connectivity index (χ1n) is 8.61. The van der Waals surface area contributed by atoms with Gasteiger partial charge in [-0.15, -0.1) is 10.2 Å². The summed E-state index contributed by atoms with van der Waals surface area (Å²) in [7, 11) is 0. The number of nitrogens with zero attached hydrogens (tertiary/aromatic N) is 2. The SMILES string of the molecule is Cc1cc(C)c(NC(=O)c2ccc(NCC3CCCO3)nn2)c(C)c1. The second-order valence-corrected chi connectivity index (χ2v) is 6.55. The van der Waals surface area contributed by atoms with Crippen LogP contribution in [0.5, 0.6) is 0 Å². The monoisotopic (exact) mass is 340 g/mol. The molecule has 1 aliphatic heterocycles. The maximum absolute atomic E-state index is 12.4. The zero-order valence-electron chi connectivity index (χ0n) is 14.9. The molecule has 2 heterocycles. The molecule has 1 atom stereocenters. The van der Waals surface area contributed by atoms with Crippen molar-refractivity contribution in [3.63, 3.8) is 0 Å². The lowest BCUT2D eigenvalue weighted by molar-refractivity contribution is 0.102. The maximum atomic E-state index is 12.4. The van der Waals surface area contributed by atoms with E-state index in [0.717, 1.165) is 36.3 Å². The van der Waals surface area contributed by atoms with E-state index in [1.807, 2.05) is 32.9 Å². The molecular formula is C19H24N4O2. The third-order valence-corrected chi connectivity index (χ3v) is 4.35. The Morgan fingerprint density at radius 2 is 1.96 bits per heavy atom. The molecule has 6 heteroatoms. The second-order valence-electron chi connectivity index (χ2n) is 6.55. The molecule has 1 unspecified atom stereocenters. The van der Waals surface area contributed by atoms with Gasteiger partial charge in [-0.05, 0) is 56.9 Å². The molecule has 0 bridgehead atoms. The Kier molecular flexibility index (Phi) is 5.28. The number of rotatable bonds is 5. The summed E-state index contributed by atoms with van der Waals surface area (Å²) in [5, 5.41) is 14.2. The molecule has 1 aliphatic rings. The highest BCUT2D eigenvalue weighted by Crippen LogP contribution is 2.22. The average Bonchev–Trinajstić information content (AvgIpc) is 3.10. The van der Waals surface area contributed by atoms with Gasteiger partial charge in [0, 0.05) is 18.8 Å². The molecule has 1 aromatic carbocycles. The van der Waals surface area contributed by atoms with Crippen LogP contribution in [0, 0.1) is 20.8 Å². The van der Waals surface area contributed by atoms with E-state index in [0.29, 0.717) is 18.1 Å². The Bertz CT molecular complexity index is 730. The highest BCUT2D eigenvalue weighted by molar-refractivity contribution is 6.03. The lowest BCUT2D eigenvalue weighted by Crippen LogP contribution is -2.20. The molecule has 132 valence electrons. The summed E-state index contributed by atoms with van der Waals surface area (Å²) < 4.78 is 5.56. The predicted octanol–water partition coefficient (Wildman–Crippen LogP) is 3.25. The van der Waals surface area contributed by atoms with Crippen molar-refractivity contribution >= 4 is 17.4 Å². The van der Waals surface area contributed by atoms with Crippen LogP contribution >= 0.6 is 0 Å². The van der Waals surface area contributed by atoms with Crippen LogP contribution in [0.4, 0.5) is 11.5 Å². The van der Waals surface area contributed by atoms with Crippen molar-refractivity contribution in [2.45, 2.75) is 39.7 Å². The van der Waals surface area contributed by atoms with Gasteiger partial charge in [0.05, 0.1) is 6.10 Å². The molecule has 1 amide bonds. The van der Waals surface area contributed by atoms with E-state index >= 15 is 0 Å². The van der Waals surface area contributed by atoms with E-state index in [4.69, 9.17) is 4.74 Å². The summed E-state index contributed by atoms with van der Waals surface area (Å²) in [4.78, 5) is 12.4. The topological polar surface area (TPSA) is 76.1 Å².